The first-order valence-electron chi connectivity index (χ1n) is 11.0. The van der Waals surface area contributed by atoms with Crippen LogP contribution >= 0.6 is 0 Å². The van der Waals surface area contributed by atoms with E-state index in [0.717, 1.165) is 31.6 Å². The maximum absolute atomic E-state index is 13.0. The Balaban J connectivity index is 1.34. The highest BCUT2D eigenvalue weighted by molar-refractivity contribution is 6.37. The summed E-state index contributed by atoms with van der Waals surface area (Å²) in [5.74, 6) is 0.815. The maximum Gasteiger partial charge on any atom is 0.275 e. The van der Waals surface area contributed by atoms with Gasteiger partial charge in [-0.3, -0.25) is 19.9 Å². The molecule has 0 bridgehead atoms. The van der Waals surface area contributed by atoms with Crippen LogP contribution in [-0.4, -0.2) is 58.6 Å². The van der Waals surface area contributed by atoms with Gasteiger partial charge in [-0.1, -0.05) is 6.58 Å². The fraction of sp³-hybridized carbons (Fsp3) is 0.417. The zero-order valence-electron chi connectivity index (χ0n) is 18.3. The Morgan fingerprint density at radius 2 is 1.94 bits per heavy atom. The molecule has 0 atom stereocenters. The average Bonchev–Trinajstić information content (AvgIpc) is 3.56. The number of amides is 2. The summed E-state index contributed by atoms with van der Waals surface area (Å²) in [6, 6.07) is 1.79. The summed E-state index contributed by atoms with van der Waals surface area (Å²) in [5.41, 5.74) is 2.33. The number of carbonyl (C=O) groups is 2. The van der Waals surface area contributed by atoms with Gasteiger partial charge in [0.25, 0.3) is 11.8 Å². The van der Waals surface area contributed by atoms with Gasteiger partial charge in [-0.05, 0) is 56.2 Å². The number of fused-ring (bicyclic) bond motifs is 1. The molecule has 1 aromatic heterocycles. The minimum absolute atomic E-state index is 0.0119. The van der Waals surface area contributed by atoms with Crippen molar-refractivity contribution in [3.63, 3.8) is 0 Å². The lowest BCUT2D eigenvalue weighted by Gasteiger charge is -2.34. The molecule has 1 aliphatic carbocycles. The van der Waals surface area contributed by atoms with E-state index in [2.05, 4.69) is 11.6 Å². The number of anilines is 1. The van der Waals surface area contributed by atoms with Crippen molar-refractivity contribution in [3.05, 3.63) is 54.2 Å². The van der Waals surface area contributed by atoms with Crippen molar-refractivity contribution >= 4 is 23.3 Å². The van der Waals surface area contributed by atoms with Crippen LogP contribution in [0.3, 0.4) is 0 Å². The Bertz CT molecular complexity index is 1080. The Morgan fingerprint density at radius 3 is 2.59 bits per heavy atom. The molecule has 1 saturated carbocycles. The highest BCUT2D eigenvalue weighted by atomic mass is 16.5. The Morgan fingerprint density at radius 1 is 1.19 bits per heavy atom. The number of rotatable bonds is 3. The highest BCUT2D eigenvalue weighted by Gasteiger charge is 2.45. The van der Waals surface area contributed by atoms with Crippen LogP contribution in [0.5, 0.6) is 5.75 Å². The summed E-state index contributed by atoms with van der Waals surface area (Å²) >= 11 is 0. The van der Waals surface area contributed by atoms with Gasteiger partial charge in [0.2, 0.25) is 0 Å². The Labute approximate surface area is 187 Å². The number of nitrogens with one attached hydrogen (secondary N) is 1. The van der Waals surface area contributed by atoms with Crippen molar-refractivity contribution in [2.75, 3.05) is 31.1 Å². The van der Waals surface area contributed by atoms with Crippen LogP contribution in [0.4, 0.5) is 5.82 Å². The molecule has 2 amide bonds. The molecule has 1 spiro atoms. The maximum atomic E-state index is 13.0. The number of likely N-dealkylation sites (tertiary alicyclic amines) is 1. The Kier molecular flexibility index (Phi) is 4.87. The molecular formula is C24H27N5O3. The van der Waals surface area contributed by atoms with Crippen molar-refractivity contribution in [2.24, 2.45) is 5.41 Å². The molecule has 4 heterocycles. The van der Waals surface area contributed by atoms with E-state index in [1.54, 1.807) is 30.6 Å². The molecular weight excluding hydrogens is 406 g/mol. The summed E-state index contributed by atoms with van der Waals surface area (Å²) in [6.45, 7) is 8.08. The lowest BCUT2D eigenvalue weighted by atomic mass is 9.93. The first-order valence-corrected chi connectivity index (χ1v) is 11.0. The van der Waals surface area contributed by atoms with E-state index in [4.69, 9.17) is 10.1 Å². The van der Waals surface area contributed by atoms with Gasteiger partial charge >= 0.3 is 0 Å². The summed E-state index contributed by atoms with van der Waals surface area (Å²) in [4.78, 5) is 35.0. The van der Waals surface area contributed by atoms with E-state index < -0.39 is 5.91 Å². The molecule has 5 rings (SSSR count). The first-order chi connectivity index (χ1) is 15.4. The summed E-state index contributed by atoms with van der Waals surface area (Å²) in [6.07, 6.45) is 11.6. The number of ether oxygens (including phenoxy) is 1. The van der Waals surface area contributed by atoms with Crippen molar-refractivity contribution in [1.29, 1.82) is 5.41 Å². The topological polar surface area (TPSA) is 89.8 Å². The van der Waals surface area contributed by atoms with Gasteiger partial charge in [-0.2, -0.15) is 0 Å². The van der Waals surface area contributed by atoms with Crippen LogP contribution in [0, 0.1) is 10.8 Å². The van der Waals surface area contributed by atoms with Gasteiger partial charge in [0.05, 0.1) is 17.8 Å². The molecule has 8 heteroatoms. The molecule has 0 aromatic carbocycles. The second kappa shape index (κ2) is 7.62. The Hall–Kier alpha value is -3.42. The number of nitrogens with zero attached hydrogens (tertiary/aromatic N) is 4. The van der Waals surface area contributed by atoms with E-state index in [0.29, 0.717) is 41.4 Å². The smallest absolute Gasteiger partial charge is 0.275 e. The van der Waals surface area contributed by atoms with Gasteiger partial charge in [0.1, 0.15) is 6.61 Å². The quantitative estimate of drug-likeness (QED) is 0.740. The molecule has 3 aliphatic heterocycles. The summed E-state index contributed by atoms with van der Waals surface area (Å²) in [7, 11) is 0. The van der Waals surface area contributed by atoms with Crippen molar-refractivity contribution in [2.45, 2.75) is 32.6 Å². The lowest BCUT2D eigenvalue weighted by molar-refractivity contribution is -0.120. The zero-order valence-corrected chi connectivity index (χ0v) is 18.3. The number of aromatic nitrogens is 1. The number of carbonyl (C=O) groups excluding carboxylic acids is 2. The molecule has 1 aromatic rings. The summed E-state index contributed by atoms with van der Waals surface area (Å²) in [5, 5.41) is 7.57. The van der Waals surface area contributed by atoms with Crippen molar-refractivity contribution in [1.82, 2.24) is 14.8 Å². The number of hydrogen-bond donors (Lipinski definition) is 1. The van der Waals surface area contributed by atoms with Crippen molar-refractivity contribution < 1.29 is 14.3 Å². The SMILES string of the molecule is C=C1C=C(N2CCOc3cc(C(=O)N4CCC5(CC4)CC5)cnc32)C=CN1C(=O)C(C)=N. The molecule has 8 nitrogen and oxygen atoms in total. The summed E-state index contributed by atoms with van der Waals surface area (Å²) < 4.78 is 5.84. The molecule has 2 fully saturated rings. The van der Waals surface area contributed by atoms with Crippen LogP contribution in [0.25, 0.3) is 0 Å². The first kappa shape index (κ1) is 20.5. The monoisotopic (exact) mass is 433 g/mol. The number of allylic oxidation sites excluding steroid dienone is 2. The van der Waals surface area contributed by atoms with E-state index in [1.165, 1.54) is 24.7 Å². The normalized spacial score (nSPS) is 21.1. The van der Waals surface area contributed by atoms with Crippen LogP contribution in [0.15, 0.2) is 48.6 Å². The van der Waals surface area contributed by atoms with Gasteiger partial charge in [0.15, 0.2) is 11.6 Å². The van der Waals surface area contributed by atoms with Gasteiger partial charge in [-0.15, -0.1) is 0 Å². The van der Waals surface area contributed by atoms with E-state index in [1.807, 2.05) is 9.80 Å². The predicted octanol–water partition coefficient (Wildman–Crippen LogP) is 3.09. The van der Waals surface area contributed by atoms with Gasteiger partial charge in [-0.25, -0.2) is 4.98 Å². The van der Waals surface area contributed by atoms with Gasteiger partial charge in [0, 0.05) is 36.9 Å². The molecule has 32 heavy (non-hydrogen) atoms. The van der Waals surface area contributed by atoms with Crippen LogP contribution in [0.2, 0.25) is 0 Å². The predicted molar refractivity (Wildman–Crippen MR) is 120 cm³/mol. The molecule has 4 aliphatic rings. The molecule has 1 N–H and O–H groups in total. The molecule has 0 unspecified atom stereocenters. The van der Waals surface area contributed by atoms with Crippen molar-refractivity contribution in [3.8, 4) is 5.75 Å². The van der Waals surface area contributed by atoms with E-state index in [9.17, 15) is 9.59 Å². The third-order valence-electron chi connectivity index (χ3n) is 6.85. The minimum atomic E-state index is -0.407. The molecule has 1 saturated heterocycles. The fourth-order valence-electron chi connectivity index (χ4n) is 4.59. The van der Waals surface area contributed by atoms with Crippen LogP contribution in [-0.2, 0) is 4.79 Å². The largest absolute Gasteiger partial charge is 0.488 e. The van der Waals surface area contributed by atoms with Gasteiger partial charge < -0.3 is 14.5 Å². The van der Waals surface area contributed by atoms with E-state index in [-0.39, 0.29) is 11.6 Å². The van der Waals surface area contributed by atoms with Crippen LogP contribution < -0.4 is 9.64 Å². The van der Waals surface area contributed by atoms with Crippen LogP contribution in [0.1, 0.15) is 43.0 Å². The second-order valence-corrected chi connectivity index (χ2v) is 9.01. The van der Waals surface area contributed by atoms with E-state index >= 15 is 0 Å². The second-order valence-electron chi connectivity index (χ2n) is 9.01. The standard InChI is InChI=1S/C24H27N5O3/c1-16-13-19(3-8-28(16)22(30)17(2)25)29-11-12-32-20-14-18(15-26-21(20)29)23(31)27-9-6-24(4-5-24)7-10-27/h3,8,13-15,25H,1,4-7,9-12H2,2H3. The fourth-order valence-corrected chi connectivity index (χ4v) is 4.59. The minimum Gasteiger partial charge on any atom is -0.488 e. The third-order valence-corrected chi connectivity index (χ3v) is 6.85. The molecule has 166 valence electrons. The number of pyridine rings is 1. The number of piperidine rings is 1. The zero-order chi connectivity index (χ0) is 22.5. The third kappa shape index (κ3) is 3.59. The molecule has 0 radical (unpaired) electrons. The average molecular weight is 434 g/mol. The number of hydrogen-bond acceptors (Lipinski definition) is 6. The highest BCUT2D eigenvalue weighted by Crippen LogP contribution is 2.53. The lowest BCUT2D eigenvalue weighted by Crippen LogP contribution is -2.39.